The smallest absolute Gasteiger partial charge is 0.0493 e. The highest BCUT2D eigenvalue weighted by atomic mass is 79.9. The third-order valence-corrected chi connectivity index (χ3v) is 5.90. The first kappa shape index (κ1) is 10.7. The van der Waals surface area contributed by atoms with Crippen molar-refractivity contribution in [2.75, 3.05) is 0 Å². The van der Waals surface area contributed by atoms with E-state index in [0.717, 1.165) is 6.42 Å². The molecule has 3 aliphatic rings. The third-order valence-electron chi connectivity index (χ3n) is 3.58. The third kappa shape index (κ3) is 1.23. The molecule has 16 heavy (non-hydrogen) atoms. The Kier molecular flexibility index (Phi) is 2.34. The molecule has 0 radical (unpaired) electrons. The molecule has 1 heterocycles. The molecule has 0 amide bonds. The van der Waals surface area contributed by atoms with E-state index in [2.05, 4.69) is 60.2 Å². The summed E-state index contributed by atoms with van der Waals surface area (Å²) in [5.41, 5.74) is 3.04. The SMILES string of the molecule is CC1=C2C=CC=CC23CC=C(Br)C(C)=C3S1. The molecule has 1 spiro atoms. The van der Waals surface area contributed by atoms with Gasteiger partial charge in [-0.1, -0.05) is 58.1 Å². The highest BCUT2D eigenvalue weighted by molar-refractivity contribution is 9.12. The van der Waals surface area contributed by atoms with Gasteiger partial charge in [-0.2, -0.15) is 0 Å². The lowest BCUT2D eigenvalue weighted by molar-refractivity contribution is 0.589. The van der Waals surface area contributed by atoms with Crippen LogP contribution in [0.2, 0.25) is 0 Å². The van der Waals surface area contributed by atoms with Gasteiger partial charge in [-0.25, -0.2) is 0 Å². The number of allylic oxidation sites excluding steroid dienone is 10. The number of rotatable bonds is 0. The molecule has 0 bridgehead atoms. The molecular formula is C14H13BrS. The van der Waals surface area contributed by atoms with Gasteiger partial charge in [-0.15, -0.1) is 0 Å². The first-order valence-electron chi connectivity index (χ1n) is 5.48. The van der Waals surface area contributed by atoms with Crippen LogP contribution >= 0.6 is 27.7 Å². The molecule has 1 unspecified atom stereocenters. The van der Waals surface area contributed by atoms with Crippen LogP contribution < -0.4 is 0 Å². The van der Waals surface area contributed by atoms with Crippen LogP contribution in [0.15, 0.2) is 55.8 Å². The van der Waals surface area contributed by atoms with Gasteiger partial charge >= 0.3 is 0 Å². The van der Waals surface area contributed by atoms with Crippen molar-refractivity contribution in [2.45, 2.75) is 20.3 Å². The Bertz CT molecular complexity index is 517. The average Bonchev–Trinajstić information content (AvgIpc) is 2.59. The molecule has 0 aromatic carbocycles. The molecule has 0 aromatic heterocycles. The Balaban J connectivity index is 2.24. The molecule has 0 saturated carbocycles. The summed E-state index contributed by atoms with van der Waals surface area (Å²) in [4.78, 5) is 2.96. The fourth-order valence-electron chi connectivity index (χ4n) is 2.73. The van der Waals surface area contributed by atoms with Crippen molar-refractivity contribution in [3.8, 4) is 0 Å². The van der Waals surface area contributed by atoms with Crippen LogP contribution in [0.1, 0.15) is 20.3 Å². The van der Waals surface area contributed by atoms with Gasteiger partial charge in [0.25, 0.3) is 0 Å². The van der Waals surface area contributed by atoms with Gasteiger partial charge < -0.3 is 0 Å². The van der Waals surface area contributed by atoms with Crippen LogP contribution in [-0.4, -0.2) is 0 Å². The lowest BCUT2D eigenvalue weighted by Gasteiger charge is -2.34. The fourth-order valence-corrected chi connectivity index (χ4v) is 4.60. The lowest BCUT2D eigenvalue weighted by atomic mass is 9.71. The van der Waals surface area contributed by atoms with Crippen molar-refractivity contribution in [2.24, 2.45) is 5.41 Å². The van der Waals surface area contributed by atoms with E-state index in [1.807, 2.05) is 11.8 Å². The molecule has 1 aliphatic heterocycles. The second-order valence-electron chi connectivity index (χ2n) is 4.47. The van der Waals surface area contributed by atoms with Crippen LogP contribution in [0.3, 0.4) is 0 Å². The van der Waals surface area contributed by atoms with Crippen LogP contribution in [0.4, 0.5) is 0 Å². The van der Waals surface area contributed by atoms with E-state index in [1.54, 1.807) is 0 Å². The van der Waals surface area contributed by atoms with Crippen molar-refractivity contribution in [3.05, 3.63) is 55.8 Å². The second-order valence-corrected chi connectivity index (χ2v) is 6.55. The van der Waals surface area contributed by atoms with Gasteiger partial charge in [0, 0.05) is 14.8 Å². The zero-order valence-electron chi connectivity index (χ0n) is 9.38. The summed E-state index contributed by atoms with van der Waals surface area (Å²) in [6.07, 6.45) is 12.4. The minimum atomic E-state index is 0.158. The predicted octanol–water partition coefficient (Wildman–Crippen LogP) is 5.08. The first-order chi connectivity index (χ1) is 7.65. The van der Waals surface area contributed by atoms with Gasteiger partial charge in [0.15, 0.2) is 0 Å². The van der Waals surface area contributed by atoms with Gasteiger partial charge in [0.2, 0.25) is 0 Å². The van der Waals surface area contributed by atoms with E-state index in [0.29, 0.717) is 0 Å². The standard InChI is InChI=1S/C14H13BrS/c1-9-12(15)6-8-14-7-4-3-5-11(14)10(2)16-13(9)14/h3-7H,8H2,1-2H3. The van der Waals surface area contributed by atoms with Crippen molar-refractivity contribution in [3.63, 3.8) is 0 Å². The van der Waals surface area contributed by atoms with Crippen molar-refractivity contribution in [1.29, 1.82) is 0 Å². The van der Waals surface area contributed by atoms with Gasteiger partial charge in [0.1, 0.15) is 0 Å². The molecule has 0 saturated heterocycles. The molecule has 0 nitrogen and oxygen atoms in total. The minimum Gasteiger partial charge on any atom is -0.0974 e. The van der Waals surface area contributed by atoms with Crippen molar-refractivity contribution >= 4 is 27.7 Å². The van der Waals surface area contributed by atoms with E-state index < -0.39 is 0 Å². The molecule has 0 N–H and O–H groups in total. The monoisotopic (exact) mass is 292 g/mol. The van der Waals surface area contributed by atoms with Crippen LogP contribution in [0.5, 0.6) is 0 Å². The molecule has 2 heteroatoms. The van der Waals surface area contributed by atoms with Crippen LogP contribution in [0, 0.1) is 5.41 Å². The highest BCUT2D eigenvalue weighted by Crippen LogP contribution is 2.61. The normalized spacial score (nSPS) is 31.8. The molecule has 0 fully saturated rings. The predicted molar refractivity (Wildman–Crippen MR) is 75.3 cm³/mol. The first-order valence-corrected chi connectivity index (χ1v) is 7.08. The zero-order valence-corrected chi connectivity index (χ0v) is 11.8. The highest BCUT2D eigenvalue weighted by Gasteiger charge is 2.44. The Hall–Kier alpha value is -0.470. The molecular weight excluding hydrogens is 280 g/mol. The van der Waals surface area contributed by atoms with Gasteiger partial charge in [-0.05, 0) is 36.3 Å². The summed E-state index contributed by atoms with van der Waals surface area (Å²) in [5.74, 6) is 0. The summed E-state index contributed by atoms with van der Waals surface area (Å²) in [6, 6.07) is 0. The molecule has 3 rings (SSSR count). The van der Waals surface area contributed by atoms with Gasteiger partial charge in [-0.3, -0.25) is 0 Å². The Morgan fingerprint density at radius 1 is 1.31 bits per heavy atom. The van der Waals surface area contributed by atoms with E-state index in [4.69, 9.17) is 0 Å². The maximum Gasteiger partial charge on any atom is 0.0493 e. The van der Waals surface area contributed by atoms with Crippen LogP contribution in [0.25, 0.3) is 0 Å². The summed E-state index contributed by atoms with van der Waals surface area (Å²) in [7, 11) is 0. The molecule has 0 aromatic rings. The van der Waals surface area contributed by atoms with E-state index in [-0.39, 0.29) is 5.41 Å². The number of hydrogen-bond acceptors (Lipinski definition) is 1. The fraction of sp³-hybridized carbons (Fsp3) is 0.286. The minimum absolute atomic E-state index is 0.158. The van der Waals surface area contributed by atoms with E-state index in [9.17, 15) is 0 Å². The Morgan fingerprint density at radius 2 is 2.12 bits per heavy atom. The molecule has 1 atom stereocenters. The quantitative estimate of drug-likeness (QED) is 0.600. The number of thioether (sulfide) groups is 1. The lowest BCUT2D eigenvalue weighted by Crippen LogP contribution is -2.22. The summed E-state index contributed by atoms with van der Waals surface area (Å²) in [5, 5.41) is 0. The average molecular weight is 293 g/mol. The Morgan fingerprint density at radius 3 is 2.94 bits per heavy atom. The number of hydrogen-bond donors (Lipinski definition) is 0. The van der Waals surface area contributed by atoms with Gasteiger partial charge in [0.05, 0.1) is 0 Å². The van der Waals surface area contributed by atoms with Crippen molar-refractivity contribution in [1.82, 2.24) is 0 Å². The number of halogens is 1. The van der Waals surface area contributed by atoms with E-state index >= 15 is 0 Å². The van der Waals surface area contributed by atoms with Crippen molar-refractivity contribution < 1.29 is 0 Å². The molecule has 82 valence electrons. The van der Waals surface area contributed by atoms with Crippen LogP contribution in [-0.2, 0) is 0 Å². The largest absolute Gasteiger partial charge is 0.0974 e. The molecule has 2 aliphatic carbocycles. The maximum absolute atomic E-state index is 3.65. The Labute approximate surface area is 109 Å². The maximum atomic E-state index is 3.65. The summed E-state index contributed by atoms with van der Waals surface area (Å²) < 4.78 is 1.26. The van der Waals surface area contributed by atoms with E-state index in [1.165, 1.54) is 25.4 Å². The summed E-state index contributed by atoms with van der Waals surface area (Å²) >= 11 is 5.60. The second kappa shape index (κ2) is 3.51. The topological polar surface area (TPSA) is 0 Å². The summed E-state index contributed by atoms with van der Waals surface area (Å²) in [6.45, 7) is 4.45. The zero-order chi connectivity index (χ0) is 11.3.